The zero-order chi connectivity index (χ0) is 17.5. The lowest BCUT2D eigenvalue weighted by Crippen LogP contribution is -2.38. The van der Waals surface area contributed by atoms with Crippen LogP contribution in [0.2, 0.25) is 0 Å². The van der Waals surface area contributed by atoms with Gasteiger partial charge in [0, 0.05) is 24.5 Å². The number of hydrogen-bond donors (Lipinski definition) is 2. The number of thiazole rings is 1. The van der Waals surface area contributed by atoms with Crippen LogP contribution in [0.3, 0.4) is 0 Å². The van der Waals surface area contributed by atoms with Crippen LogP contribution in [0.4, 0.5) is 8.78 Å². The van der Waals surface area contributed by atoms with Crippen molar-refractivity contribution in [2.24, 2.45) is 4.99 Å². The maximum Gasteiger partial charge on any atom is 0.191 e. The molecule has 0 radical (unpaired) electrons. The van der Waals surface area contributed by atoms with E-state index in [9.17, 15) is 8.78 Å². The van der Waals surface area contributed by atoms with Crippen LogP contribution in [0.1, 0.15) is 36.0 Å². The van der Waals surface area contributed by atoms with Gasteiger partial charge in [0.05, 0.1) is 12.2 Å². The molecule has 1 aromatic carbocycles. The molecule has 0 saturated carbocycles. The lowest BCUT2D eigenvalue weighted by molar-refractivity contribution is 0.553. The molecule has 8 heteroatoms. The van der Waals surface area contributed by atoms with E-state index in [-0.39, 0.29) is 36.0 Å². The zero-order valence-corrected chi connectivity index (χ0v) is 17.6. The Labute approximate surface area is 168 Å². The summed E-state index contributed by atoms with van der Waals surface area (Å²) in [5, 5.41) is 9.24. The average Bonchev–Trinajstić information content (AvgIpc) is 3.02. The highest BCUT2D eigenvalue weighted by molar-refractivity contribution is 14.0. The highest BCUT2D eigenvalue weighted by atomic mass is 127. The van der Waals surface area contributed by atoms with Crippen LogP contribution in [0, 0.1) is 11.6 Å². The number of halogens is 3. The largest absolute Gasteiger partial charge is 0.356 e. The molecule has 0 atom stereocenters. The third-order valence-electron chi connectivity index (χ3n) is 3.52. The quantitative estimate of drug-likeness (QED) is 0.373. The number of aliphatic imine (C=N–C) groups is 1. The van der Waals surface area contributed by atoms with E-state index in [1.54, 1.807) is 18.4 Å². The molecule has 2 aromatic rings. The predicted octanol–water partition coefficient (Wildman–Crippen LogP) is 4.07. The first-order valence-electron chi connectivity index (χ1n) is 7.83. The maximum atomic E-state index is 13.6. The summed E-state index contributed by atoms with van der Waals surface area (Å²) in [6.45, 7) is 5.15. The van der Waals surface area contributed by atoms with E-state index in [2.05, 4.69) is 39.8 Å². The van der Waals surface area contributed by atoms with Crippen molar-refractivity contribution in [2.75, 3.05) is 13.6 Å². The van der Waals surface area contributed by atoms with Crippen molar-refractivity contribution in [2.45, 2.75) is 32.7 Å². The molecule has 2 N–H and O–H groups in total. The number of guanidine groups is 1. The summed E-state index contributed by atoms with van der Waals surface area (Å²) in [6.07, 6.45) is 0.244. The Balaban J connectivity index is 0.00000312. The number of nitrogens with one attached hydrogen (secondary N) is 2. The minimum absolute atomic E-state index is 0. The Morgan fingerprint density at radius 3 is 2.48 bits per heavy atom. The summed E-state index contributed by atoms with van der Waals surface area (Å²) in [5.74, 6) is -0.0661. The van der Waals surface area contributed by atoms with Crippen molar-refractivity contribution in [1.82, 2.24) is 15.6 Å². The van der Waals surface area contributed by atoms with Crippen LogP contribution in [0.25, 0.3) is 0 Å². The zero-order valence-electron chi connectivity index (χ0n) is 14.5. The van der Waals surface area contributed by atoms with Gasteiger partial charge in [-0.05, 0) is 24.5 Å². The molecular weight excluding hydrogens is 457 g/mol. The highest BCUT2D eigenvalue weighted by Gasteiger charge is 2.09. The van der Waals surface area contributed by atoms with E-state index in [0.717, 1.165) is 10.7 Å². The van der Waals surface area contributed by atoms with Crippen molar-refractivity contribution >= 4 is 41.3 Å². The summed E-state index contributed by atoms with van der Waals surface area (Å²) >= 11 is 1.60. The standard InChI is InChI=1S/C17H22F2N4S.HI/c1-11(2)15-10-24-16(23-15)9-22-17(20-3)21-8-7-12-13(18)5-4-6-14(12)19;/h4-6,10-11H,7-9H2,1-3H3,(H2,20,21,22);1H. The van der Waals surface area contributed by atoms with Crippen LogP contribution >= 0.6 is 35.3 Å². The lowest BCUT2D eigenvalue weighted by atomic mass is 10.1. The molecule has 138 valence electrons. The molecule has 0 aliphatic rings. The van der Waals surface area contributed by atoms with Crippen LogP contribution in [-0.2, 0) is 13.0 Å². The number of nitrogens with zero attached hydrogens (tertiary/aromatic N) is 2. The van der Waals surface area contributed by atoms with E-state index in [4.69, 9.17) is 0 Å². The molecule has 0 aliphatic carbocycles. The average molecular weight is 480 g/mol. The molecule has 0 spiro atoms. The van der Waals surface area contributed by atoms with Crippen LogP contribution in [0.15, 0.2) is 28.6 Å². The summed E-state index contributed by atoms with van der Waals surface area (Å²) < 4.78 is 27.1. The predicted molar refractivity (Wildman–Crippen MR) is 110 cm³/mol. The molecule has 1 aromatic heterocycles. The van der Waals surface area contributed by atoms with Gasteiger partial charge in [-0.1, -0.05) is 19.9 Å². The fourth-order valence-corrected chi connectivity index (χ4v) is 3.02. The van der Waals surface area contributed by atoms with Gasteiger partial charge in [-0.25, -0.2) is 13.8 Å². The first-order valence-corrected chi connectivity index (χ1v) is 8.71. The first-order chi connectivity index (χ1) is 11.5. The van der Waals surface area contributed by atoms with Crippen molar-refractivity contribution < 1.29 is 8.78 Å². The van der Waals surface area contributed by atoms with Crippen LogP contribution < -0.4 is 10.6 Å². The minimum Gasteiger partial charge on any atom is -0.356 e. The second-order valence-electron chi connectivity index (χ2n) is 5.62. The van der Waals surface area contributed by atoms with Crippen molar-refractivity contribution in [3.63, 3.8) is 0 Å². The molecular formula is C17H23F2IN4S. The van der Waals surface area contributed by atoms with Gasteiger partial charge in [0.2, 0.25) is 0 Å². The Morgan fingerprint density at radius 1 is 1.24 bits per heavy atom. The number of benzene rings is 1. The van der Waals surface area contributed by atoms with Crippen molar-refractivity contribution in [3.8, 4) is 0 Å². The van der Waals surface area contributed by atoms with E-state index in [1.165, 1.54) is 18.2 Å². The molecule has 0 fully saturated rings. The fraction of sp³-hybridized carbons (Fsp3) is 0.412. The first kappa shape index (κ1) is 21.8. The number of aromatic nitrogens is 1. The van der Waals surface area contributed by atoms with Gasteiger partial charge >= 0.3 is 0 Å². The highest BCUT2D eigenvalue weighted by Crippen LogP contribution is 2.17. The van der Waals surface area contributed by atoms with Gasteiger partial charge in [-0.2, -0.15) is 0 Å². The van der Waals surface area contributed by atoms with E-state index in [0.29, 0.717) is 25.0 Å². The lowest BCUT2D eigenvalue weighted by Gasteiger charge is -2.11. The van der Waals surface area contributed by atoms with Crippen LogP contribution in [0.5, 0.6) is 0 Å². The second kappa shape index (κ2) is 10.6. The molecule has 2 rings (SSSR count). The normalized spacial score (nSPS) is 11.4. The van der Waals surface area contributed by atoms with Gasteiger partial charge < -0.3 is 10.6 Å². The minimum atomic E-state index is -0.524. The third-order valence-corrected chi connectivity index (χ3v) is 4.39. The molecule has 4 nitrogen and oxygen atoms in total. The van der Waals surface area contributed by atoms with Crippen molar-refractivity contribution in [1.29, 1.82) is 0 Å². The topological polar surface area (TPSA) is 49.3 Å². The summed E-state index contributed by atoms with van der Waals surface area (Å²) in [4.78, 5) is 8.65. The summed E-state index contributed by atoms with van der Waals surface area (Å²) in [5.41, 5.74) is 1.16. The molecule has 0 saturated heterocycles. The Hall–Kier alpha value is -1.29. The number of hydrogen-bond acceptors (Lipinski definition) is 3. The third kappa shape index (κ3) is 6.50. The maximum absolute atomic E-state index is 13.6. The Morgan fingerprint density at radius 2 is 1.92 bits per heavy atom. The SMILES string of the molecule is CN=C(NCCc1c(F)cccc1F)NCc1nc(C(C)C)cs1.I. The monoisotopic (exact) mass is 480 g/mol. The smallest absolute Gasteiger partial charge is 0.191 e. The van der Waals surface area contributed by atoms with E-state index in [1.807, 2.05) is 0 Å². The molecule has 0 unspecified atom stereocenters. The van der Waals surface area contributed by atoms with Crippen LogP contribution in [-0.4, -0.2) is 24.5 Å². The molecule has 0 amide bonds. The molecule has 0 bridgehead atoms. The summed E-state index contributed by atoms with van der Waals surface area (Å²) in [7, 11) is 1.65. The van der Waals surface area contributed by atoms with E-state index < -0.39 is 11.6 Å². The molecule has 1 heterocycles. The van der Waals surface area contributed by atoms with Gasteiger partial charge in [0.25, 0.3) is 0 Å². The van der Waals surface area contributed by atoms with Gasteiger partial charge in [0.15, 0.2) is 5.96 Å². The molecule has 25 heavy (non-hydrogen) atoms. The Bertz CT molecular complexity index is 683. The second-order valence-corrected chi connectivity index (χ2v) is 6.57. The number of rotatable bonds is 6. The molecule has 0 aliphatic heterocycles. The summed E-state index contributed by atoms with van der Waals surface area (Å²) in [6, 6.07) is 3.89. The van der Waals surface area contributed by atoms with E-state index >= 15 is 0 Å². The fourth-order valence-electron chi connectivity index (χ4n) is 2.13. The van der Waals surface area contributed by atoms with Gasteiger partial charge in [-0.3, -0.25) is 4.99 Å². The van der Waals surface area contributed by atoms with Gasteiger partial charge in [0.1, 0.15) is 16.6 Å². The Kier molecular flexibility index (Phi) is 9.26. The van der Waals surface area contributed by atoms with Gasteiger partial charge in [-0.15, -0.1) is 35.3 Å². The van der Waals surface area contributed by atoms with Crippen molar-refractivity contribution in [3.05, 3.63) is 51.5 Å².